The highest BCUT2D eigenvalue weighted by atomic mass is 16.5. The van der Waals surface area contributed by atoms with E-state index in [2.05, 4.69) is 0 Å². The third kappa shape index (κ3) is 5.32. The molecule has 1 amide bonds. The van der Waals surface area contributed by atoms with Crippen molar-refractivity contribution in [2.75, 3.05) is 46.0 Å². The second-order valence-corrected chi connectivity index (χ2v) is 8.73. The van der Waals surface area contributed by atoms with E-state index in [4.69, 9.17) is 9.47 Å². The van der Waals surface area contributed by atoms with Crippen LogP contribution in [0.2, 0.25) is 0 Å². The van der Waals surface area contributed by atoms with Crippen LogP contribution in [0, 0.1) is 0 Å². The van der Waals surface area contributed by atoms with E-state index >= 15 is 0 Å². The molecule has 0 radical (unpaired) electrons. The van der Waals surface area contributed by atoms with Gasteiger partial charge >= 0.3 is 0 Å². The zero-order chi connectivity index (χ0) is 23.9. The lowest BCUT2D eigenvalue weighted by Gasteiger charge is -2.29. The number of amides is 1. The number of Topliss-reactive ketones (excluding diaryl/α,β-unsaturated/α-hetero) is 1. The minimum atomic E-state index is -0.724. The number of ketones is 1. The number of benzene rings is 2. The van der Waals surface area contributed by atoms with E-state index in [9.17, 15) is 14.7 Å². The second-order valence-electron chi connectivity index (χ2n) is 8.73. The first-order chi connectivity index (χ1) is 16.6. The van der Waals surface area contributed by atoms with Crippen molar-refractivity contribution in [1.29, 1.82) is 0 Å². The van der Waals surface area contributed by atoms with E-state index in [-0.39, 0.29) is 5.57 Å². The van der Waals surface area contributed by atoms with Crippen LogP contribution in [0.1, 0.15) is 36.9 Å². The Bertz CT molecular complexity index is 1030. The largest absolute Gasteiger partial charge is 0.872 e. The third-order valence-electron chi connectivity index (χ3n) is 6.34. The van der Waals surface area contributed by atoms with Gasteiger partial charge < -0.3 is 24.4 Å². The van der Waals surface area contributed by atoms with E-state index < -0.39 is 23.5 Å². The molecule has 2 aliphatic rings. The van der Waals surface area contributed by atoms with Gasteiger partial charge in [0.1, 0.15) is 18.8 Å². The predicted octanol–water partition coefficient (Wildman–Crippen LogP) is 1.00. The summed E-state index contributed by atoms with van der Waals surface area (Å²) in [4.78, 5) is 29.3. The molecule has 4 rings (SSSR count). The van der Waals surface area contributed by atoms with Crippen molar-refractivity contribution in [1.82, 2.24) is 4.90 Å². The van der Waals surface area contributed by atoms with Crippen LogP contribution in [-0.2, 0) is 14.3 Å². The summed E-state index contributed by atoms with van der Waals surface area (Å²) < 4.78 is 11.2. The van der Waals surface area contributed by atoms with Crippen LogP contribution in [-0.4, -0.2) is 62.6 Å². The summed E-state index contributed by atoms with van der Waals surface area (Å²) in [5.41, 5.74) is 1.13. The smallest absolute Gasteiger partial charge is 0.295 e. The van der Waals surface area contributed by atoms with E-state index in [1.807, 2.05) is 37.3 Å². The lowest BCUT2D eigenvalue weighted by molar-refractivity contribution is -0.908. The molecule has 2 fully saturated rings. The van der Waals surface area contributed by atoms with Gasteiger partial charge in [0, 0.05) is 18.5 Å². The minimum Gasteiger partial charge on any atom is -0.872 e. The third-order valence-corrected chi connectivity index (χ3v) is 6.34. The highest BCUT2D eigenvalue weighted by Crippen LogP contribution is 2.39. The van der Waals surface area contributed by atoms with E-state index in [0.717, 1.165) is 45.7 Å². The molecule has 0 spiro atoms. The molecule has 7 heteroatoms. The number of carbonyl (C=O) groups excluding carboxylic acids is 2. The Balaban J connectivity index is 1.66. The van der Waals surface area contributed by atoms with Crippen LogP contribution in [0.15, 0.2) is 60.2 Å². The van der Waals surface area contributed by atoms with E-state index in [1.165, 1.54) is 4.90 Å². The molecular formula is C27H32N2O5. The SMILES string of the molecule is CCCOc1cccc(C2C(=C([O-])c3ccccc3)C(=O)C(=O)N2CCC[NH+]2CCOCC2)c1. The van der Waals surface area contributed by atoms with Crippen molar-refractivity contribution in [3.8, 4) is 5.75 Å². The number of morpholine rings is 1. The van der Waals surface area contributed by atoms with Crippen molar-refractivity contribution in [3.05, 3.63) is 71.3 Å². The lowest BCUT2D eigenvalue weighted by Crippen LogP contribution is -3.14. The fourth-order valence-corrected chi connectivity index (χ4v) is 4.60. The molecule has 180 valence electrons. The molecule has 0 aromatic heterocycles. The Hall–Kier alpha value is -3.16. The number of likely N-dealkylation sites (tertiary alicyclic amines) is 1. The van der Waals surface area contributed by atoms with Crippen molar-refractivity contribution >= 4 is 17.4 Å². The molecular weight excluding hydrogens is 432 g/mol. The van der Waals surface area contributed by atoms with Gasteiger partial charge in [-0.05, 0) is 29.7 Å². The number of hydrogen-bond acceptors (Lipinski definition) is 5. The number of nitrogens with zero attached hydrogens (tertiary/aromatic N) is 1. The van der Waals surface area contributed by atoms with Gasteiger partial charge in [0.2, 0.25) is 5.78 Å². The molecule has 0 saturated carbocycles. The fourth-order valence-electron chi connectivity index (χ4n) is 4.60. The summed E-state index contributed by atoms with van der Waals surface area (Å²) in [5.74, 6) is -1.06. The molecule has 1 N–H and O–H groups in total. The highest BCUT2D eigenvalue weighted by molar-refractivity contribution is 6.46. The maximum Gasteiger partial charge on any atom is 0.295 e. The maximum absolute atomic E-state index is 13.4. The zero-order valence-corrected chi connectivity index (χ0v) is 19.6. The van der Waals surface area contributed by atoms with Crippen LogP contribution >= 0.6 is 0 Å². The van der Waals surface area contributed by atoms with Gasteiger partial charge in [-0.15, -0.1) is 0 Å². The Morgan fingerprint density at radius 3 is 2.62 bits per heavy atom. The molecule has 2 aromatic rings. The minimum absolute atomic E-state index is 0.0163. The van der Waals surface area contributed by atoms with Gasteiger partial charge in [-0.2, -0.15) is 0 Å². The van der Waals surface area contributed by atoms with Crippen molar-refractivity contribution in [2.45, 2.75) is 25.8 Å². The number of rotatable bonds is 9. The predicted molar refractivity (Wildman–Crippen MR) is 126 cm³/mol. The first-order valence-corrected chi connectivity index (χ1v) is 12.1. The number of quaternary nitrogens is 1. The Kier molecular flexibility index (Phi) is 7.98. The molecule has 2 heterocycles. The molecule has 1 atom stereocenters. The average Bonchev–Trinajstić information content (AvgIpc) is 3.13. The maximum atomic E-state index is 13.4. The van der Waals surface area contributed by atoms with E-state index in [1.54, 1.807) is 29.2 Å². The van der Waals surface area contributed by atoms with Crippen molar-refractivity contribution in [3.63, 3.8) is 0 Å². The lowest BCUT2D eigenvalue weighted by atomic mass is 9.95. The zero-order valence-electron chi connectivity index (χ0n) is 19.6. The summed E-state index contributed by atoms with van der Waals surface area (Å²) in [7, 11) is 0. The van der Waals surface area contributed by atoms with Crippen LogP contribution in [0.25, 0.3) is 5.76 Å². The van der Waals surface area contributed by atoms with Crippen LogP contribution < -0.4 is 14.7 Å². The Labute approximate surface area is 200 Å². The van der Waals surface area contributed by atoms with E-state index in [0.29, 0.717) is 30.0 Å². The summed E-state index contributed by atoms with van der Waals surface area (Å²) in [5, 5.41) is 13.4. The van der Waals surface area contributed by atoms with Gasteiger partial charge in [0.15, 0.2) is 0 Å². The molecule has 2 aliphatic heterocycles. The fraction of sp³-hybridized carbons (Fsp3) is 0.407. The van der Waals surface area contributed by atoms with Gasteiger partial charge in [-0.3, -0.25) is 9.59 Å². The van der Waals surface area contributed by atoms with Crippen molar-refractivity contribution < 1.29 is 29.1 Å². The average molecular weight is 465 g/mol. The summed E-state index contributed by atoms with van der Waals surface area (Å²) in [6, 6.07) is 15.3. The molecule has 0 bridgehead atoms. The van der Waals surface area contributed by atoms with Gasteiger partial charge in [0.05, 0.1) is 32.4 Å². The quantitative estimate of drug-likeness (QED) is 0.340. The first-order valence-electron chi connectivity index (χ1n) is 12.1. The topological polar surface area (TPSA) is 83.3 Å². The summed E-state index contributed by atoms with van der Waals surface area (Å²) >= 11 is 0. The number of carbonyl (C=O) groups is 2. The second kappa shape index (κ2) is 11.3. The number of ether oxygens (including phenoxy) is 2. The van der Waals surface area contributed by atoms with Crippen LogP contribution in [0.5, 0.6) is 5.75 Å². The molecule has 1 unspecified atom stereocenters. The molecule has 2 aromatic carbocycles. The standard InChI is InChI=1S/C27H32N2O5/c1-2-16-34-22-11-6-10-21(19-22)24-23(25(30)20-8-4-3-5-9-20)26(31)27(32)29(24)13-7-12-28-14-17-33-18-15-28/h3-6,8-11,19,24,30H,2,7,12-18H2,1H3. The summed E-state index contributed by atoms with van der Waals surface area (Å²) in [6.45, 7) is 7.26. The van der Waals surface area contributed by atoms with Crippen LogP contribution in [0.4, 0.5) is 0 Å². The van der Waals surface area contributed by atoms with Crippen LogP contribution in [0.3, 0.4) is 0 Å². The van der Waals surface area contributed by atoms with Gasteiger partial charge in [0.25, 0.3) is 5.91 Å². The Morgan fingerprint density at radius 2 is 1.88 bits per heavy atom. The molecule has 7 nitrogen and oxygen atoms in total. The molecule has 2 saturated heterocycles. The molecule has 0 aliphatic carbocycles. The highest BCUT2D eigenvalue weighted by Gasteiger charge is 2.44. The van der Waals surface area contributed by atoms with Gasteiger partial charge in [-0.25, -0.2) is 0 Å². The van der Waals surface area contributed by atoms with Gasteiger partial charge in [-0.1, -0.05) is 55.1 Å². The molecule has 34 heavy (non-hydrogen) atoms. The Morgan fingerprint density at radius 1 is 1.12 bits per heavy atom. The monoisotopic (exact) mass is 464 g/mol. The van der Waals surface area contributed by atoms with Crippen molar-refractivity contribution in [2.24, 2.45) is 0 Å². The summed E-state index contributed by atoms with van der Waals surface area (Å²) in [6.07, 6.45) is 1.61. The number of hydrogen-bond donors (Lipinski definition) is 1. The normalized spacial score (nSPS) is 20.6. The number of nitrogens with one attached hydrogen (secondary N) is 1. The first kappa shape index (κ1) is 24.0.